The molecule has 3 atom stereocenters. The van der Waals surface area contributed by atoms with Gasteiger partial charge in [-0.2, -0.15) is 0 Å². The van der Waals surface area contributed by atoms with Gasteiger partial charge in [0.25, 0.3) is 0 Å². The van der Waals surface area contributed by atoms with Crippen molar-refractivity contribution in [3.8, 4) is 0 Å². The fraction of sp³-hybridized carbons (Fsp3) is 0.654. The Bertz CT molecular complexity index is 1070. The molecular formula is C26H38F2N2O5SSi. The van der Waals surface area contributed by atoms with E-state index in [1.165, 1.54) is 17.0 Å². The molecule has 1 amide bonds. The number of aliphatic imine (C=N–C) groups is 1. The SMILES string of the molecule is CCOC(=O)[C@]12C[C@H]1[C@@](C)(c1cccc(F)c1F)N=C(N(COCC[Si](C)(C)C)C(=O)OC(C)(C)C)S2. The van der Waals surface area contributed by atoms with Crippen molar-refractivity contribution in [2.45, 2.75) is 82.6 Å². The predicted molar refractivity (Wildman–Crippen MR) is 143 cm³/mol. The number of esters is 1. The number of rotatable bonds is 8. The summed E-state index contributed by atoms with van der Waals surface area (Å²) in [4.78, 5) is 32.5. The van der Waals surface area contributed by atoms with E-state index in [4.69, 9.17) is 19.2 Å². The third-order valence-electron chi connectivity index (χ3n) is 6.37. The number of hydrogen-bond acceptors (Lipinski definition) is 7. The van der Waals surface area contributed by atoms with Crippen molar-refractivity contribution < 1.29 is 32.6 Å². The number of amidine groups is 1. The molecule has 0 unspecified atom stereocenters. The predicted octanol–water partition coefficient (Wildman–Crippen LogP) is 6.15. The zero-order chi connectivity index (χ0) is 27.8. The summed E-state index contributed by atoms with van der Waals surface area (Å²) < 4.78 is 45.1. The van der Waals surface area contributed by atoms with E-state index in [1.807, 2.05) is 0 Å². The van der Waals surface area contributed by atoms with Crippen molar-refractivity contribution in [3.63, 3.8) is 0 Å². The van der Waals surface area contributed by atoms with Crippen molar-refractivity contribution in [3.05, 3.63) is 35.4 Å². The molecular weight excluding hydrogens is 518 g/mol. The number of carbonyl (C=O) groups excluding carboxylic acids is 2. The number of hydrogen-bond donors (Lipinski definition) is 0. The molecule has 0 bridgehead atoms. The van der Waals surface area contributed by atoms with Crippen molar-refractivity contribution in [1.29, 1.82) is 0 Å². The van der Waals surface area contributed by atoms with E-state index in [1.54, 1.807) is 34.6 Å². The molecule has 37 heavy (non-hydrogen) atoms. The fourth-order valence-electron chi connectivity index (χ4n) is 4.29. The average molecular weight is 557 g/mol. The maximum Gasteiger partial charge on any atom is 0.418 e. The average Bonchev–Trinajstić information content (AvgIpc) is 3.51. The summed E-state index contributed by atoms with van der Waals surface area (Å²) in [6, 6.07) is 4.80. The first-order valence-electron chi connectivity index (χ1n) is 12.5. The first-order valence-corrected chi connectivity index (χ1v) is 17.1. The third kappa shape index (κ3) is 6.54. The normalized spacial score (nSPS) is 25.1. The Kier molecular flexibility index (Phi) is 8.51. The van der Waals surface area contributed by atoms with Crippen LogP contribution in [0.25, 0.3) is 0 Å². The van der Waals surface area contributed by atoms with Crippen LogP contribution in [0.1, 0.15) is 46.6 Å². The molecule has 11 heteroatoms. The lowest BCUT2D eigenvalue weighted by Gasteiger charge is -2.37. The van der Waals surface area contributed by atoms with Crippen molar-refractivity contribution in [2.75, 3.05) is 19.9 Å². The highest BCUT2D eigenvalue weighted by Crippen LogP contribution is 2.67. The number of nitrogens with zero attached hydrogens (tertiary/aromatic N) is 2. The molecule has 1 aromatic carbocycles. The van der Waals surface area contributed by atoms with Crippen LogP contribution in [0.4, 0.5) is 13.6 Å². The smallest absolute Gasteiger partial charge is 0.418 e. The molecule has 1 aliphatic carbocycles. The summed E-state index contributed by atoms with van der Waals surface area (Å²) in [6.45, 7) is 15.7. The summed E-state index contributed by atoms with van der Waals surface area (Å²) >= 11 is 1.10. The molecule has 1 fully saturated rings. The number of ether oxygens (including phenoxy) is 3. The quantitative estimate of drug-likeness (QED) is 0.165. The fourth-order valence-corrected chi connectivity index (χ4v) is 6.61. The summed E-state index contributed by atoms with van der Waals surface area (Å²) in [7, 11) is -1.39. The van der Waals surface area contributed by atoms with Gasteiger partial charge in [0, 0.05) is 26.2 Å². The number of halogens is 2. The van der Waals surface area contributed by atoms with Crippen LogP contribution in [0.5, 0.6) is 0 Å². The van der Waals surface area contributed by atoms with Gasteiger partial charge in [-0.3, -0.25) is 9.79 Å². The van der Waals surface area contributed by atoms with Crippen LogP contribution in [-0.2, 0) is 24.5 Å². The van der Waals surface area contributed by atoms with Gasteiger partial charge in [-0.15, -0.1) is 0 Å². The molecule has 2 aliphatic rings. The second-order valence-corrected chi connectivity index (χ2v) is 18.8. The van der Waals surface area contributed by atoms with E-state index in [0.717, 1.165) is 23.9 Å². The van der Waals surface area contributed by atoms with Gasteiger partial charge < -0.3 is 14.2 Å². The van der Waals surface area contributed by atoms with Gasteiger partial charge in [-0.05, 0) is 53.1 Å². The second kappa shape index (κ2) is 10.6. The molecule has 1 aromatic rings. The van der Waals surface area contributed by atoms with Crippen LogP contribution < -0.4 is 0 Å². The van der Waals surface area contributed by atoms with Crippen LogP contribution in [0, 0.1) is 17.6 Å². The summed E-state index contributed by atoms with van der Waals surface area (Å²) in [5, 5.41) is 0.148. The van der Waals surface area contributed by atoms with Crippen molar-refractivity contribution in [2.24, 2.45) is 10.9 Å². The van der Waals surface area contributed by atoms with Gasteiger partial charge in [0.15, 0.2) is 16.8 Å². The number of thioether (sulfide) groups is 1. The molecule has 0 aromatic heterocycles. The lowest BCUT2D eigenvalue weighted by atomic mass is 9.85. The molecule has 1 heterocycles. The third-order valence-corrected chi connectivity index (χ3v) is 9.55. The van der Waals surface area contributed by atoms with E-state index < -0.39 is 53.6 Å². The van der Waals surface area contributed by atoms with Gasteiger partial charge in [0.2, 0.25) is 0 Å². The maximum atomic E-state index is 15.1. The number of fused-ring (bicyclic) bond motifs is 1. The maximum absolute atomic E-state index is 15.1. The Hall–Kier alpha value is -1.98. The molecule has 3 rings (SSSR count). The molecule has 0 saturated heterocycles. The zero-order valence-electron chi connectivity index (χ0n) is 22.9. The van der Waals surface area contributed by atoms with E-state index in [9.17, 15) is 14.0 Å². The highest BCUT2D eigenvalue weighted by atomic mass is 32.2. The minimum Gasteiger partial charge on any atom is -0.465 e. The van der Waals surface area contributed by atoms with Crippen LogP contribution in [0.15, 0.2) is 23.2 Å². The van der Waals surface area contributed by atoms with E-state index in [2.05, 4.69) is 19.6 Å². The molecule has 0 radical (unpaired) electrons. The Balaban J connectivity index is 2.05. The number of amides is 1. The van der Waals surface area contributed by atoms with Crippen LogP contribution in [-0.4, -0.2) is 60.5 Å². The van der Waals surface area contributed by atoms with Gasteiger partial charge >= 0.3 is 12.1 Å². The standard InChI is InChI=1S/C26H38F2N2O5SSi/c1-9-34-21(31)26-15-19(26)25(5,17-11-10-12-18(27)20(17)28)29-22(36-26)30(23(32)35-24(2,3)4)16-33-13-14-37(6,7)8/h10-12,19H,9,13-16H2,1-8H3/t19-,25+,26-/m0/s1. The molecule has 1 saturated carbocycles. The Morgan fingerprint density at radius 2 is 1.92 bits per heavy atom. The minimum atomic E-state index is -1.39. The van der Waals surface area contributed by atoms with Crippen LogP contribution >= 0.6 is 11.8 Å². The lowest BCUT2D eigenvalue weighted by molar-refractivity contribution is -0.143. The van der Waals surface area contributed by atoms with Gasteiger partial charge in [-0.1, -0.05) is 43.5 Å². The zero-order valence-corrected chi connectivity index (χ0v) is 24.8. The highest BCUT2D eigenvalue weighted by Gasteiger charge is 2.72. The highest BCUT2D eigenvalue weighted by molar-refractivity contribution is 8.15. The molecule has 1 aliphatic heterocycles. The summed E-state index contributed by atoms with van der Waals surface area (Å²) in [6.07, 6.45) is -0.360. The number of benzene rings is 1. The van der Waals surface area contributed by atoms with E-state index >= 15 is 4.39 Å². The Morgan fingerprint density at radius 3 is 2.51 bits per heavy atom. The first kappa shape index (κ1) is 29.6. The van der Waals surface area contributed by atoms with Gasteiger partial charge in [0.1, 0.15) is 17.1 Å². The largest absolute Gasteiger partial charge is 0.465 e. The number of carbonyl (C=O) groups is 2. The van der Waals surface area contributed by atoms with Gasteiger partial charge in [0.05, 0.1) is 12.1 Å². The molecule has 0 N–H and O–H groups in total. The van der Waals surface area contributed by atoms with Gasteiger partial charge in [-0.25, -0.2) is 18.5 Å². The van der Waals surface area contributed by atoms with E-state index in [0.29, 0.717) is 13.0 Å². The molecule has 7 nitrogen and oxygen atoms in total. The van der Waals surface area contributed by atoms with E-state index in [-0.39, 0.29) is 24.1 Å². The van der Waals surface area contributed by atoms with Crippen molar-refractivity contribution >= 4 is 37.1 Å². The lowest BCUT2D eigenvalue weighted by Crippen LogP contribution is -2.47. The monoisotopic (exact) mass is 556 g/mol. The topological polar surface area (TPSA) is 77.4 Å². The second-order valence-electron chi connectivity index (χ2n) is 11.9. The van der Waals surface area contributed by atoms with Crippen molar-refractivity contribution in [1.82, 2.24) is 4.90 Å². The molecule has 0 spiro atoms. The first-order chi connectivity index (χ1) is 17.0. The summed E-state index contributed by atoms with van der Waals surface area (Å²) in [5.74, 6) is -2.95. The Labute approximate surface area is 223 Å². The molecule has 206 valence electrons. The minimum absolute atomic E-state index is 0.0188. The van der Waals surface area contributed by atoms with Crippen LogP contribution in [0.2, 0.25) is 25.7 Å². The Morgan fingerprint density at radius 1 is 1.24 bits per heavy atom. The van der Waals surface area contributed by atoms with Crippen LogP contribution in [0.3, 0.4) is 0 Å². The summed E-state index contributed by atoms with van der Waals surface area (Å²) in [5.41, 5.74) is -2.10.